The number of hydrogen-bond donors (Lipinski definition) is 1. The molecule has 0 atom stereocenters. The van der Waals surface area contributed by atoms with Crippen molar-refractivity contribution in [2.75, 3.05) is 25.9 Å². The Kier molecular flexibility index (Phi) is 6.75. The van der Waals surface area contributed by atoms with Crippen LogP contribution < -0.4 is 5.32 Å². The van der Waals surface area contributed by atoms with Crippen molar-refractivity contribution >= 4 is 22.4 Å². The quantitative estimate of drug-likeness (QED) is 0.811. The predicted octanol–water partition coefficient (Wildman–Crippen LogP) is 0.832. The van der Waals surface area contributed by atoms with Crippen LogP contribution in [0.5, 0.6) is 0 Å². The van der Waals surface area contributed by atoms with Crippen molar-refractivity contribution < 1.29 is 8.42 Å². The van der Waals surface area contributed by atoms with Gasteiger partial charge in [-0.05, 0) is 26.3 Å². The highest BCUT2D eigenvalue weighted by atomic mass is 35.5. The highest BCUT2D eigenvalue weighted by Crippen LogP contribution is 2.14. The summed E-state index contributed by atoms with van der Waals surface area (Å²) in [6.45, 7) is 3.25. The maximum atomic E-state index is 11.7. The Labute approximate surface area is 98.9 Å². The summed E-state index contributed by atoms with van der Waals surface area (Å²) in [7, 11) is -1.03. The van der Waals surface area contributed by atoms with E-state index in [4.69, 9.17) is 0 Å². The lowest BCUT2D eigenvalue weighted by atomic mass is 10.1. The summed E-state index contributed by atoms with van der Waals surface area (Å²) in [5, 5.41) is 3.19. The number of nitrogens with one attached hydrogen (secondary N) is 1. The fraction of sp³-hybridized carbons (Fsp3) is 1.00. The second-order valence-corrected chi connectivity index (χ2v) is 5.87. The molecule has 0 aromatic rings. The normalized spacial score (nSPS) is 19.9. The number of nitrogens with zero attached hydrogens (tertiary/aromatic N) is 1. The SMILES string of the molecule is CCCS(=O)(=O)N1CCC(NC)CC1.Cl. The molecule has 0 radical (unpaired) electrons. The molecule has 1 N–H and O–H groups in total. The van der Waals surface area contributed by atoms with Crippen molar-refractivity contribution in [3.8, 4) is 0 Å². The van der Waals surface area contributed by atoms with Gasteiger partial charge < -0.3 is 5.32 Å². The van der Waals surface area contributed by atoms with E-state index in [1.807, 2.05) is 14.0 Å². The average molecular weight is 257 g/mol. The van der Waals surface area contributed by atoms with Gasteiger partial charge in [-0.25, -0.2) is 12.7 Å². The minimum absolute atomic E-state index is 0. The van der Waals surface area contributed by atoms with E-state index < -0.39 is 10.0 Å². The minimum Gasteiger partial charge on any atom is -0.317 e. The largest absolute Gasteiger partial charge is 0.317 e. The van der Waals surface area contributed by atoms with E-state index in [2.05, 4.69) is 5.32 Å². The van der Waals surface area contributed by atoms with Crippen molar-refractivity contribution in [2.45, 2.75) is 32.2 Å². The van der Waals surface area contributed by atoms with Crippen LogP contribution in [0, 0.1) is 0 Å². The molecule has 0 spiro atoms. The van der Waals surface area contributed by atoms with Crippen LogP contribution in [0.15, 0.2) is 0 Å². The molecule has 1 saturated heterocycles. The van der Waals surface area contributed by atoms with E-state index in [1.54, 1.807) is 4.31 Å². The number of hydrogen-bond acceptors (Lipinski definition) is 3. The first-order valence-electron chi connectivity index (χ1n) is 5.25. The number of piperidine rings is 1. The van der Waals surface area contributed by atoms with Crippen LogP contribution in [0.25, 0.3) is 0 Å². The van der Waals surface area contributed by atoms with Gasteiger partial charge in [0.2, 0.25) is 10.0 Å². The molecule has 0 bridgehead atoms. The van der Waals surface area contributed by atoms with E-state index in [1.165, 1.54) is 0 Å². The summed E-state index contributed by atoms with van der Waals surface area (Å²) < 4.78 is 25.0. The van der Waals surface area contributed by atoms with Gasteiger partial charge in [-0.15, -0.1) is 12.4 Å². The van der Waals surface area contributed by atoms with Gasteiger partial charge in [0.1, 0.15) is 0 Å². The lowest BCUT2D eigenvalue weighted by Crippen LogP contribution is -2.44. The molecule has 6 heteroatoms. The third-order valence-corrected chi connectivity index (χ3v) is 4.79. The summed E-state index contributed by atoms with van der Waals surface area (Å²) in [4.78, 5) is 0. The molecule has 1 fully saturated rings. The van der Waals surface area contributed by atoms with Crippen molar-refractivity contribution in [3.63, 3.8) is 0 Å². The summed E-state index contributed by atoms with van der Waals surface area (Å²) in [5.74, 6) is 0.289. The number of rotatable bonds is 4. The van der Waals surface area contributed by atoms with Crippen LogP contribution in [0.2, 0.25) is 0 Å². The molecule has 0 amide bonds. The highest BCUT2D eigenvalue weighted by Gasteiger charge is 2.26. The Hall–Kier alpha value is 0.160. The van der Waals surface area contributed by atoms with Crippen molar-refractivity contribution in [1.29, 1.82) is 0 Å². The third kappa shape index (κ3) is 4.26. The summed E-state index contributed by atoms with van der Waals surface area (Å²) in [6, 6.07) is 0.489. The topological polar surface area (TPSA) is 49.4 Å². The Balaban J connectivity index is 0.00000196. The Morgan fingerprint density at radius 2 is 1.87 bits per heavy atom. The molecule has 1 aliphatic rings. The monoisotopic (exact) mass is 256 g/mol. The zero-order valence-electron chi connectivity index (χ0n) is 9.40. The van der Waals surface area contributed by atoms with Gasteiger partial charge in [-0.1, -0.05) is 6.92 Å². The zero-order valence-corrected chi connectivity index (χ0v) is 11.0. The van der Waals surface area contributed by atoms with E-state index in [-0.39, 0.29) is 18.2 Å². The standard InChI is InChI=1S/C9H20N2O2S.ClH/c1-3-8-14(12,13)11-6-4-9(10-2)5-7-11;/h9-10H,3-8H2,1-2H3;1H. The van der Waals surface area contributed by atoms with Crippen LogP contribution in [0.4, 0.5) is 0 Å². The molecule has 15 heavy (non-hydrogen) atoms. The Bertz CT molecular complexity index is 261. The molecule has 0 aromatic heterocycles. The average Bonchev–Trinajstić information content (AvgIpc) is 2.18. The zero-order chi connectivity index (χ0) is 10.6. The molecule has 4 nitrogen and oxygen atoms in total. The smallest absolute Gasteiger partial charge is 0.214 e. The van der Waals surface area contributed by atoms with Gasteiger partial charge >= 0.3 is 0 Å². The van der Waals surface area contributed by atoms with E-state index in [0.717, 1.165) is 12.8 Å². The maximum Gasteiger partial charge on any atom is 0.214 e. The van der Waals surface area contributed by atoms with Gasteiger partial charge in [0, 0.05) is 19.1 Å². The van der Waals surface area contributed by atoms with Gasteiger partial charge in [-0.3, -0.25) is 0 Å². The fourth-order valence-electron chi connectivity index (χ4n) is 1.81. The van der Waals surface area contributed by atoms with Crippen LogP contribution in [-0.2, 0) is 10.0 Å². The van der Waals surface area contributed by atoms with Crippen LogP contribution in [0.1, 0.15) is 26.2 Å². The summed E-state index contributed by atoms with van der Waals surface area (Å²) in [6.07, 6.45) is 2.56. The first kappa shape index (κ1) is 15.2. The van der Waals surface area contributed by atoms with Crippen LogP contribution in [0.3, 0.4) is 0 Å². The first-order chi connectivity index (χ1) is 6.60. The molecule has 0 saturated carbocycles. The number of halogens is 1. The lowest BCUT2D eigenvalue weighted by molar-refractivity contribution is 0.298. The van der Waals surface area contributed by atoms with E-state index >= 15 is 0 Å². The van der Waals surface area contributed by atoms with E-state index in [0.29, 0.717) is 25.6 Å². The molecule has 1 rings (SSSR count). The van der Waals surface area contributed by atoms with E-state index in [9.17, 15) is 8.42 Å². The van der Waals surface area contributed by atoms with Crippen LogP contribution >= 0.6 is 12.4 Å². The van der Waals surface area contributed by atoms with Crippen molar-refractivity contribution in [2.24, 2.45) is 0 Å². The van der Waals surface area contributed by atoms with Gasteiger partial charge in [0.15, 0.2) is 0 Å². The molecule has 0 aromatic carbocycles. The Morgan fingerprint density at radius 1 is 1.33 bits per heavy atom. The van der Waals surface area contributed by atoms with Crippen molar-refractivity contribution in [3.05, 3.63) is 0 Å². The molecule has 1 aliphatic heterocycles. The second kappa shape index (κ2) is 6.68. The molecular formula is C9H21ClN2O2S. The maximum absolute atomic E-state index is 11.7. The molecule has 1 heterocycles. The molecule has 0 aliphatic carbocycles. The van der Waals surface area contributed by atoms with Gasteiger partial charge in [0.05, 0.1) is 5.75 Å². The molecular weight excluding hydrogens is 236 g/mol. The van der Waals surface area contributed by atoms with Gasteiger partial charge in [0.25, 0.3) is 0 Å². The lowest BCUT2D eigenvalue weighted by Gasteiger charge is -2.30. The van der Waals surface area contributed by atoms with Gasteiger partial charge in [-0.2, -0.15) is 0 Å². The van der Waals surface area contributed by atoms with Crippen LogP contribution in [-0.4, -0.2) is 44.7 Å². The summed E-state index contributed by atoms with van der Waals surface area (Å²) >= 11 is 0. The summed E-state index contributed by atoms with van der Waals surface area (Å²) in [5.41, 5.74) is 0. The highest BCUT2D eigenvalue weighted by molar-refractivity contribution is 7.89. The van der Waals surface area contributed by atoms with Crippen molar-refractivity contribution in [1.82, 2.24) is 9.62 Å². The molecule has 92 valence electrons. The fourth-order valence-corrected chi connectivity index (χ4v) is 3.35. The Morgan fingerprint density at radius 3 is 2.27 bits per heavy atom. The second-order valence-electron chi connectivity index (χ2n) is 3.78. The minimum atomic E-state index is -2.96. The number of sulfonamides is 1. The molecule has 0 unspecified atom stereocenters. The third-order valence-electron chi connectivity index (χ3n) is 2.72. The predicted molar refractivity (Wildman–Crippen MR) is 65.0 cm³/mol. The first-order valence-corrected chi connectivity index (χ1v) is 6.86.